The molecule has 0 spiro atoms. The number of fused-ring (bicyclic) bond motifs is 1. The minimum atomic E-state index is 0.109. The van der Waals surface area contributed by atoms with Crippen molar-refractivity contribution in [3.05, 3.63) is 64.1 Å². The van der Waals surface area contributed by atoms with Crippen LogP contribution in [0.2, 0.25) is 0 Å². The second-order valence-corrected chi connectivity index (χ2v) is 9.16. The number of likely N-dealkylation sites (tertiary alicyclic amines) is 1. The molecule has 1 aromatic heterocycles. The van der Waals surface area contributed by atoms with Crippen LogP contribution in [0, 0.1) is 18.8 Å². The molecule has 28 heavy (non-hydrogen) atoms. The van der Waals surface area contributed by atoms with Gasteiger partial charge in [0.1, 0.15) is 0 Å². The summed E-state index contributed by atoms with van der Waals surface area (Å²) in [6, 6.07) is 16.2. The van der Waals surface area contributed by atoms with Crippen molar-refractivity contribution in [3.63, 3.8) is 0 Å². The lowest BCUT2D eigenvalue weighted by molar-refractivity contribution is 0.0625. The first-order valence-electron chi connectivity index (χ1n) is 9.87. The van der Waals surface area contributed by atoms with E-state index in [-0.39, 0.29) is 5.91 Å². The molecule has 4 rings (SSSR count). The molecule has 2 aromatic carbocycles. The number of rotatable bonds is 2. The number of hydrogen-bond acceptors (Lipinski definition) is 2. The summed E-state index contributed by atoms with van der Waals surface area (Å²) < 4.78 is 0.958. The van der Waals surface area contributed by atoms with E-state index in [4.69, 9.17) is 4.98 Å². The van der Waals surface area contributed by atoms with Crippen molar-refractivity contribution in [2.45, 2.75) is 27.2 Å². The molecule has 0 aliphatic carbocycles. The summed E-state index contributed by atoms with van der Waals surface area (Å²) in [5.41, 5.74) is 4.66. The van der Waals surface area contributed by atoms with Crippen molar-refractivity contribution >= 4 is 32.7 Å². The van der Waals surface area contributed by atoms with Gasteiger partial charge in [-0.15, -0.1) is 0 Å². The summed E-state index contributed by atoms with van der Waals surface area (Å²) in [7, 11) is 0. The van der Waals surface area contributed by atoms with Gasteiger partial charge in [0.15, 0.2) is 0 Å². The van der Waals surface area contributed by atoms with Gasteiger partial charge >= 0.3 is 0 Å². The topological polar surface area (TPSA) is 33.2 Å². The highest BCUT2D eigenvalue weighted by molar-refractivity contribution is 9.10. The normalized spacial score (nSPS) is 19.8. The quantitative estimate of drug-likeness (QED) is 0.486. The van der Waals surface area contributed by atoms with Crippen LogP contribution in [0.15, 0.2) is 53.0 Å². The fourth-order valence-electron chi connectivity index (χ4n) is 4.33. The van der Waals surface area contributed by atoms with Crippen LogP contribution in [-0.2, 0) is 0 Å². The monoisotopic (exact) mass is 436 g/mol. The standard InChI is InChI=1S/C24H25BrN2O/c1-15-5-4-6-18(10-15)23-12-21(20-11-19(25)7-8-22(20)26-23)24(28)27-13-16(2)9-17(3)14-27/h4-8,10-12,16-17H,9,13-14H2,1-3H3. The first kappa shape index (κ1) is 19.1. The summed E-state index contributed by atoms with van der Waals surface area (Å²) in [5.74, 6) is 1.17. The molecule has 1 fully saturated rings. The van der Waals surface area contributed by atoms with Gasteiger partial charge in [-0.3, -0.25) is 4.79 Å². The number of aryl methyl sites for hydroxylation is 1. The second kappa shape index (κ2) is 7.67. The number of benzene rings is 2. The largest absolute Gasteiger partial charge is 0.338 e. The van der Waals surface area contributed by atoms with Crippen LogP contribution in [0.25, 0.3) is 22.2 Å². The van der Waals surface area contributed by atoms with E-state index < -0.39 is 0 Å². The molecule has 2 atom stereocenters. The third-order valence-corrected chi connectivity index (χ3v) is 5.96. The summed E-state index contributed by atoms with van der Waals surface area (Å²) in [5, 5.41) is 0.904. The molecule has 1 aliphatic heterocycles. The molecule has 1 amide bonds. The Morgan fingerprint density at radius 1 is 1.07 bits per heavy atom. The van der Waals surface area contributed by atoms with Crippen LogP contribution in [0.4, 0.5) is 0 Å². The highest BCUT2D eigenvalue weighted by atomic mass is 79.9. The van der Waals surface area contributed by atoms with Crippen molar-refractivity contribution in [2.75, 3.05) is 13.1 Å². The van der Waals surface area contributed by atoms with Crippen LogP contribution >= 0.6 is 15.9 Å². The fourth-order valence-corrected chi connectivity index (χ4v) is 4.69. The highest BCUT2D eigenvalue weighted by Crippen LogP contribution is 2.30. The molecular weight excluding hydrogens is 412 g/mol. The molecule has 0 saturated carbocycles. The molecule has 3 aromatic rings. The average molecular weight is 437 g/mol. The number of carbonyl (C=O) groups excluding carboxylic acids is 1. The minimum absolute atomic E-state index is 0.109. The Hall–Kier alpha value is -2.20. The van der Waals surface area contributed by atoms with Gasteiger partial charge in [-0.05, 0) is 55.5 Å². The maximum atomic E-state index is 13.5. The Balaban J connectivity index is 1.85. The third kappa shape index (κ3) is 3.83. The zero-order valence-electron chi connectivity index (χ0n) is 16.6. The molecule has 3 nitrogen and oxygen atoms in total. The van der Waals surface area contributed by atoms with Gasteiger partial charge in [0.2, 0.25) is 0 Å². The summed E-state index contributed by atoms with van der Waals surface area (Å²) in [6.45, 7) is 8.18. The van der Waals surface area contributed by atoms with Crippen molar-refractivity contribution < 1.29 is 4.79 Å². The molecule has 0 bridgehead atoms. The Morgan fingerprint density at radius 2 is 1.82 bits per heavy atom. The predicted molar refractivity (Wildman–Crippen MR) is 118 cm³/mol. The Morgan fingerprint density at radius 3 is 2.54 bits per heavy atom. The van der Waals surface area contributed by atoms with Gasteiger partial charge in [0.25, 0.3) is 5.91 Å². The van der Waals surface area contributed by atoms with Crippen molar-refractivity contribution in [3.8, 4) is 11.3 Å². The van der Waals surface area contributed by atoms with Gasteiger partial charge < -0.3 is 4.90 Å². The molecule has 144 valence electrons. The lowest BCUT2D eigenvalue weighted by Crippen LogP contribution is -2.42. The number of piperidine rings is 1. The Labute approximate surface area is 174 Å². The average Bonchev–Trinajstić information content (AvgIpc) is 2.66. The number of hydrogen-bond donors (Lipinski definition) is 0. The van der Waals surface area contributed by atoms with Gasteiger partial charge in [0.05, 0.1) is 16.8 Å². The van der Waals surface area contributed by atoms with E-state index in [1.165, 1.54) is 12.0 Å². The van der Waals surface area contributed by atoms with Crippen molar-refractivity contribution in [2.24, 2.45) is 11.8 Å². The van der Waals surface area contributed by atoms with Crippen molar-refractivity contribution in [1.29, 1.82) is 0 Å². The van der Waals surface area contributed by atoms with E-state index in [1.54, 1.807) is 0 Å². The Kier molecular flexibility index (Phi) is 5.24. The molecule has 2 heterocycles. The first-order valence-corrected chi connectivity index (χ1v) is 10.7. The van der Waals surface area contributed by atoms with E-state index >= 15 is 0 Å². The molecule has 1 aliphatic rings. The number of halogens is 1. The number of amides is 1. The number of carbonyl (C=O) groups is 1. The van der Waals surface area contributed by atoms with Crippen LogP contribution in [0.1, 0.15) is 36.2 Å². The molecular formula is C24H25BrN2O. The van der Waals surface area contributed by atoms with Crippen LogP contribution in [0.5, 0.6) is 0 Å². The van der Waals surface area contributed by atoms with Crippen molar-refractivity contribution in [1.82, 2.24) is 9.88 Å². The number of pyridine rings is 1. The molecule has 0 N–H and O–H groups in total. The van der Waals surface area contributed by atoms with Gasteiger partial charge in [0, 0.05) is 28.5 Å². The van der Waals surface area contributed by atoms with Crippen LogP contribution < -0.4 is 0 Å². The summed E-state index contributed by atoms with van der Waals surface area (Å²) in [4.78, 5) is 20.4. The zero-order chi connectivity index (χ0) is 19.8. The first-order chi connectivity index (χ1) is 13.4. The van der Waals surface area contributed by atoms with E-state index in [2.05, 4.69) is 54.9 Å². The van der Waals surface area contributed by atoms with Crippen LogP contribution in [0.3, 0.4) is 0 Å². The predicted octanol–water partition coefficient (Wildman–Crippen LogP) is 6.09. The van der Waals surface area contributed by atoms with Crippen LogP contribution in [-0.4, -0.2) is 28.9 Å². The number of aromatic nitrogens is 1. The van der Waals surface area contributed by atoms with E-state index in [0.29, 0.717) is 11.8 Å². The van der Waals surface area contributed by atoms with Gasteiger partial charge in [-0.1, -0.05) is 53.5 Å². The molecule has 4 heteroatoms. The summed E-state index contributed by atoms with van der Waals surface area (Å²) >= 11 is 3.55. The second-order valence-electron chi connectivity index (χ2n) is 8.24. The smallest absolute Gasteiger partial charge is 0.254 e. The van der Waals surface area contributed by atoms with E-state index in [0.717, 1.165) is 45.3 Å². The Bertz CT molecular complexity index is 1040. The number of nitrogens with zero attached hydrogens (tertiary/aromatic N) is 2. The van der Waals surface area contributed by atoms with Gasteiger partial charge in [-0.25, -0.2) is 4.98 Å². The maximum absolute atomic E-state index is 13.5. The fraction of sp³-hybridized carbons (Fsp3) is 0.333. The summed E-state index contributed by atoms with van der Waals surface area (Å²) in [6.07, 6.45) is 1.18. The SMILES string of the molecule is Cc1cccc(-c2cc(C(=O)N3CC(C)CC(C)C3)c3cc(Br)ccc3n2)c1. The highest BCUT2D eigenvalue weighted by Gasteiger charge is 2.27. The third-order valence-electron chi connectivity index (χ3n) is 5.47. The lowest BCUT2D eigenvalue weighted by Gasteiger charge is -2.35. The van der Waals surface area contributed by atoms with E-state index in [1.807, 2.05) is 35.2 Å². The molecule has 1 saturated heterocycles. The maximum Gasteiger partial charge on any atom is 0.254 e. The molecule has 2 unspecified atom stereocenters. The molecule has 0 radical (unpaired) electrons. The zero-order valence-corrected chi connectivity index (χ0v) is 18.2. The minimum Gasteiger partial charge on any atom is -0.338 e. The van der Waals surface area contributed by atoms with E-state index in [9.17, 15) is 4.79 Å². The van der Waals surface area contributed by atoms with Gasteiger partial charge in [-0.2, -0.15) is 0 Å². The lowest BCUT2D eigenvalue weighted by atomic mass is 9.91.